The van der Waals surface area contributed by atoms with Gasteiger partial charge in [0, 0.05) is 5.02 Å². The number of halogens is 2. The highest BCUT2D eigenvalue weighted by Gasteiger charge is 2.09. The average Bonchev–Trinajstić information content (AvgIpc) is 2.56. The summed E-state index contributed by atoms with van der Waals surface area (Å²) in [7, 11) is 0. The Balaban J connectivity index is 2.55. The van der Waals surface area contributed by atoms with Crippen molar-refractivity contribution in [2.24, 2.45) is 0 Å². The third-order valence-corrected chi connectivity index (χ3v) is 1.92. The first-order valence-corrected chi connectivity index (χ1v) is 4.18. The summed E-state index contributed by atoms with van der Waals surface area (Å²) >= 11 is 5.71. The van der Waals surface area contributed by atoms with Gasteiger partial charge in [-0.25, -0.2) is 4.39 Å². The van der Waals surface area contributed by atoms with Gasteiger partial charge in [0.15, 0.2) is 5.82 Å². The predicted molar refractivity (Wildman–Crippen MR) is 51.2 cm³/mol. The lowest BCUT2D eigenvalue weighted by atomic mass is 10.2. The van der Waals surface area contributed by atoms with Crippen LogP contribution in [0.25, 0.3) is 11.4 Å². The second-order valence-electron chi connectivity index (χ2n) is 2.67. The number of nitrogens with one attached hydrogen (secondary N) is 1. The normalized spacial score (nSPS) is 10.4. The van der Waals surface area contributed by atoms with Crippen molar-refractivity contribution in [2.45, 2.75) is 0 Å². The molecule has 0 atom stereocenters. The summed E-state index contributed by atoms with van der Waals surface area (Å²) in [5, 5.41) is 6.53. The van der Waals surface area contributed by atoms with Gasteiger partial charge in [0.2, 0.25) is 5.95 Å². The summed E-state index contributed by atoms with van der Waals surface area (Å²) in [6.07, 6.45) is 0. The monoisotopic (exact) mass is 212 g/mol. The zero-order valence-corrected chi connectivity index (χ0v) is 7.72. The lowest BCUT2D eigenvalue weighted by Gasteiger charge is -1.98. The van der Waals surface area contributed by atoms with Crippen molar-refractivity contribution >= 4 is 17.5 Å². The minimum atomic E-state index is -0.425. The zero-order valence-electron chi connectivity index (χ0n) is 6.96. The molecule has 72 valence electrons. The second-order valence-corrected chi connectivity index (χ2v) is 3.10. The van der Waals surface area contributed by atoms with Crippen LogP contribution in [0.5, 0.6) is 0 Å². The summed E-state index contributed by atoms with van der Waals surface area (Å²) in [6, 6.07) is 4.17. The number of aromatic amines is 1. The third-order valence-electron chi connectivity index (χ3n) is 1.69. The molecule has 0 bridgehead atoms. The van der Waals surface area contributed by atoms with Gasteiger partial charge in [0.25, 0.3) is 0 Å². The van der Waals surface area contributed by atoms with Crippen molar-refractivity contribution < 1.29 is 4.39 Å². The Bertz CT molecular complexity index is 468. The van der Waals surface area contributed by atoms with Crippen LogP contribution in [0.2, 0.25) is 5.02 Å². The molecule has 0 spiro atoms. The number of rotatable bonds is 1. The summed E-state index contributed by atoms with van der Waals surface area (Å²) < 4.78 is 13.3. The zero-order chi connectivity index (χ0) is 10.1. The smallest absolute Gasteiger partial charge is 0.239 e. The van der Waals surface area contributed by atoms with Gasteiger partial charge in [0.1, 0.15) is 5.82 Å². The number of anilines is 1. The molecule has 0 fully saturated rings. The fourth-order valence-electron chi connectivity index (χ4n) is 1.07. The molecule has 0 aliphatic heterocycles. The van der Waals surface area contributed by atoms with E-state index in [0.29, 0.717) is 5.02 Å². The molecule has 0 saturated heterocycles. The topological polar surface area (TPSA) is 67.6 Å². The van der Waals surface area contributed by atoms with Crippen molar-refractivity contribution in [1.82, 2.24) is 15.2 Å². The molecule has 0 saturated carbocycles. The Labute approximate surface area is 83.9 Å². The van der Waals surface area contributed by atoms with E-state index in [9.17, 15) is 4.39 Å². The standard InChI is InChI=1S/C8H6ClFN4/c9-4-1-2-6(10)5(3-4)7-12-8(11)14-13-7/h1-3H,(H3,11,12,13,14). The van der Waals surface area contributed by atoms with E-state index in [-0.39, 0.29) is 17.3 Å². The number of nitrogen functional groups attached to an aromatic ring is 1. The minimum absolute atomic E-state index is 0.0689. The fraction of sp³-hybridized carbons (Fsp3) is 0. The fourth-order valence-corrected chi connectivity index (χ4v) is 1.25. The van der Waals surface area contributed by atoms with Crippen LogP contribution in [-0.2, 0) is 0 Å². The lowest BCUT2D eigenvalue weighted by Crippen LogP contribution is -1.87. The molecule has 3 N–H and O–H groups in total. The van der Waals surface area contributed by atoms with Crippen LogP contribution in [-0.4, -0.2) is 15.2 Å². The average molecular weight is 213 g/mol. The molecule has 0 aliphatic rings. The van der Waals surface area contributed by atoms with E-state index in [4.69, 9.17) is 17.3 Å². The maximum atomic E-state index is 13.3. The highest BCUT2D eigenvalue weighted by atomic mass is 35.5. The van der Waals surface area contributed by atoms with E-state index in [1.807, 2.05) is 0 Å². The van der Waals surface area contributed by atoms with Crippen LogP contribution >= 0.6 is 11.6 Å². The van der Waals surface area contributed by atoms with Crippen LogP contribution in [0.3, 0.4) is 0 Å². The molecule has 1 aromatic heterocycles. The minimum Gasteiger partial charge on any atom is -0.366 e. The molecule has 1 aromatic carbocycles. The number of hydrogen-bond donors (Lipinski definition) is 2. The Morgan fingerprint density at radius 1 is 1.43 bits per heavy atom. The van der Waals surface area contributed by atoms with Gasteiger partial charge in [-0.15, -0.1) is 5.10 Å². The number of aromatic nitrogens is 3. The quantitative estimate of drug-likeness (QED) is 0.758. The predicted octanol–water partition coefficient (Wildman–Crippen LogP) is 1.85. The van der Waals surface area contributed by atoms with Crippen molar-refractivity contribution in [3.63, 3.8) is 0 Å². The molecule has 1 heterocycles. The molecule has 2 rings (SSSR count). The molecule has 0 amide bonds. The Hall–Kier alpha value is -1.62. The van der Waals surface area contributed by atoms with Crippen molar-refractivity contribution in [2.75, 3.05) is 5.73 Å². The Morgan fingerprint density at radius 3 is 2.86 bits per heavy atom. The van der Waals surface area contributed by atoms with Crippen molar-refractivity contribution in [1.29, 1.82) is 0 Å². The van der Waals surface area contributed by atoms with Gasteiger partial charge in [-0.05, 0) is 18.2 Å². The number of H-pyrrole nitrogens is 1. The molecule has 14 heavy (non-hydrogen) atoms. The number of hydrogen-bond acceptors (Lipinski definition) is 3. The SMILES string of the molecule is Nc1n[nH]c(-c2cc(Cl)ccc2F)n1. The number of nitrogens with two attached hydrogens (primary N) is 1. The lowest BCUT2D eigenvalue weighted by molar-refractivity contribution is 0.630. The first kappa shape index (κ1) is 8.96. The summed E-state index contributed by atoms with van der Waals surface area (Å²) in [4.78, 5) is 3.80. The van der Waals surface area contributed by atoms with Crippen LogP contribution in [0.1, 0.15) is 0 Å². The van der Waals surface area contributed by atoms with Crippen LogP contribution in [0.15, 0.2) is 18.2 Å². The van der Waals surface area contributed by atoms with Gasteiger partial charge in [-0.1, -0.05) is 11.6 Å². The Kier molecular flexibility index (Phi) is 2.09. The van der Waals surface area contributed by atoms with E-state index < -0.39 is 5.82 Å². The first-order valence-electron chi connectivity index (χ1n) is 3.80. The molecule has 4 nitrogen and oxygen atoms in total. The van der Waals surface area contributed by atoms with E-state index in [0.717, 1.165) is 0 Å². The van der Waals surface area contributed by atoms with E-state index in [1.165, 1.54) is 18.2 Å². The number of nitrogens with zero attached hydrogens (tertiary/aromatic N) is 2. The summed E-state index contributed by atoms with van der Waals surface area (Å²) in [6.45, 7) is 0. The molecule has 6 heteroatoms. The highest BCUT2D eigenvalue weighted by molar-refractivity contribution is 6.30. The molecule has 2 aromatic rings. The Morgan fingerprint density at radius 2 is 2.21 bits per heavy atom. The van der Waals surface area contributed by atoms with Gasteiger partial charge < -0.3 is 5.73 Å². The maximum Gasteiger partial charge on any atom is 0.239 e. The largest absolute Gasteiger partial charge is 0.366 e. The molecular formula is C8H6ClFN4. The van der Waals surface area contributed by atoms with E-state index >= 15 is 0 Å². The third kappa shape index (κ3) is 1.54. The highest BCUT2D eigenvalue weighted by Crippen LogP contribution is 2.23. The number of benzene rings is 1. The molecule has 0 radical (unpaired) electrons. The van der Waals surface area contributed by atoms with Gasteiger partial charge >= 0.3 is 0 Å². The van der Waals surface area contributed by atoms with Crippen molar-refractivity contribution in [3.8, 4) is 11.4 Å². The first-order chi connectivity index (χ1) is 6.66. The molecular weight excluding hydrogens is 207 g/mol. The molecule has 0 aliphatic carbocycles. The second kappa shape index (κ2) is 3.26. The van der Waals surface area contributed by atoms with Crippen LogP contribution < -0.4 is 5.73 Å². The van der Waals surface area contributed by atoms with Crippen molar-refractivity contribution in [3.05, 3.63) is 29.0 Å². The van der Waals surface area contributed by atoms with Crippen LogP contribution in [0, 0.1) is 5.82 Å². The van der Waals surface area contributed by atoms with Gasteiger partial charge in [-0.3, -0.25) is 5.10 Å². The summed E-state index contributed by atoms with van der Waals surface area (Å²) in [5.41, 5.74) is 5.55. The molecule has 0 unspecified atom stereocenters. The van der Waals surface area contributed by atoms with Gasteiger partial charge in [0.05, 0.1) is 5.56 Å². The maximum absolute atomic E-state index is 13.3. The van der Waals surface area contributed by atoms with E-state index in [1.54, 1.807) is 0 Å². The van der Waals surface area contributed by atoms with Gasteiger partial charge in [-0.2, -0.15) is 4.98 Å². The summed E-state index contributed by atoms with van der Waals surface area (Å²) in [5.74, 6) is -0.0903. The van der Waals surface area contributed by atoms with Crippen LogP contribution in [0.4, 0.5) is 10.3 Å². The van der Waals surface area contributed by atoms with E-state index in [2.05, 4.69) is 15.2 Å².